The first-order valence-corrected chi connectivity index (χ1v) is 5.01. The van der Waals surface area contributed by atoms with Crippen LogP contribution in [0.25, 0.3) is 0 Å². The Labute approximate surface area is 82.6 Å². The van der Waals surface area contributed by atoms with Crippen LogP contribution in [0.4, 0.5) is 0 Å². The Bertz CT molecular complexity index is 422. The molecule has 1 aromatic carbocycles. The van der Waals surface area contributed by atoms with Gasteiger partial charge in [-0.3, -0.25) is 4.79 Å². The van der Waals surface area contributed by atoms with Gasteiger partial charge in [-0.1, -0.05) is 18.2 Å². The van der Waals surface area contributed by atoms with Gasteiger partial charge in [-0.05, 0) is 36.0 Å². The molecule has 2 aliphatic carbocycles. The van der Waals surface area contributed by atoms with E-state index in [4.69, 9.17) is 5.11 Å². The molecule has 14 heavy (non-hydrogen) atoms. The highest BCUT2D eigenvalue weighted by Crippen LogP contribution is 2.61. The van der Waals surface area contributed by atoms with Gasteiger partial charge in [0.15, 0.2) is 0 Å². The topological polar surface area (TPSA) is 37.3 Å². The van der Waals surface area contributed by atoms with Gasteiger partial charge in [-0.2, -0.15) is 0 Å². The molecule has 3 rings (SSSR count). The maximum Gasteiger partial charge on any atom is 0.307 e. The lowest BCUT2D eigenvalue weighted by Crippen LogP contribution is -2.05. The minimum Gasteiger partial charge on any atom is -0.481 e. The molecule has 0 saturated heterocycles. The molecule has 3 atom stereocenters. The number of fused-ring (bicyclic) bond motifs is 3. The van der Waals surface area contributed by atoms with Crippen molar-refractivity contribution in [1.82, 2.24) is 0 Å². The highest BCUT2D eigenvalue weighted by atomic mass is 16.4. The standard InChI is InChI=1S/C12H12O2/c1-6-3-2-4-7-8(6)5-9-10(7)11(9)12(13)14/h2-4,9-11H,5H2,1H3,(H,13,14)/t9-,10-,11+/m0/s1. The van der Waals surface area contributed by atoms with E-state index in [-0.39, 0.29) is 5.92 Å². The lowest BCUT2D eigenvalue weighted by Gasteiger charge is -2.07. The number of carbonyl (C=O) groups is 1. The molecule has 0 heterocycles. The van der Waals surface area contributed by atoms with Crippen molar-refractivity contribution in [3.63, 3.8) is 0 Å². The summed E-state index contributed by atoms with van der Waals surface area (Å²) in [5, 5.41) is 8.95. The molecule has 1 N–H and O–H groups in total. The molecule has 0 bridgehead atoms. The lowest BCUT2D eigenvalue weighted by molar-refractivity contribution is -0.139. The third kappa shape index (κ3) is 0.834. The van der Waals surface area contributed by atoms with Gasteiger partial charge in [0.1, 0.15) is 0 Å². The molecule has 1 saturated carbocycles. The Morgan fingerprint density at radius 1 is 1.50 bits per heavy atom. The van der Waals surface area contributed by atoms with E-state index in [0.29, 0.717) is 11.8 Å². The Balaban J connectivity index is 2.03. The molecule has 0 radical (unpaired) electrons. The molecule has 2 aliphatic rings. The van der Waals surface area contributed by atoms with E-state index < -0.39 is 5.97 Å². The summed E-state index contributed by atoms with van der Waals surface area (Å²) in [6.07, 6.45) is 0.976. The van der Waals surface area contributed by atoms with Gasteiger partial charge in [-0.25, -0.2) is 0 Å². The maximum atomic E-state index is 10.9. The zero-order valence-electron chi connectivity index (χ0n) is 8.03. The van der Waals surface area contributed by atoms with Crippen molar-refractivity contribution in [2.45, 2.75) is 19.3 Å². The molecular weight excluding hydrogens is 176 g/mol. The van der Waals surface area contributed by atoms with E-state index in [1.54, 1.807) is 0 Å². The summed E-state index contributed by atoms with van der Waals surface area (Å²) in [6.45, 7) is 2.11. The van der Waals surface area contributed by atoms with Crippen LogP contribution >= 0.6 is 0 Å². The molecule has 1 aromatic rings. The zero-order chi connectivity index (χ0) is 9.87. The first-order chi connectivity index (χ1) is 6.70. The van der Waals surface area contributed by atoms with Crippen molar-refractivity contribution in [2.75, 3.05) is 0 Å². The zero-order valence-corrected chi connectivity index (χ0v) is 8.03. The van der Waals surface area contributed by atoms with Gasteiger partial charge in [0, 0.05) is 5.92 Å². The average molecular weight is 188 g/mol. The number of aryl methyl sites for hydroxylation is 1. The predicted molar refractivity (Wildman–Crippen MR) is 52.2 cm³/mol. The van der Waals surface area contributed by atoms with Gasteiger partial charge >= 0.3 is 5.97 Å². The van der Waals surface area contributed by atoms with E-state index in [1.807, 2.05) is 6.07 Å². The molecule has 1 fully saturated rings. The van der Waals surface area contributed by atoms with E-state index in [1.165, 1.54) is 16.7 Å². The average Bonchev–Trinajstić information content (AvgIpc) is 2.73. The van der Waals surface area contributed by atoms with Crippen LogP contribution < -0.4 is 0 Å². The first-order valence-electron chi connectivity index (χ1n) is 5.01. The Hall–Kier alpha value is -1.31. The molecule has 2 nitrogen and oxygen atoms in total. The van der Waals surface area contributed by atoms with Crippen LogP contribution in [-0.4, -0.2) is 11.1 Å². The predicted octanol–water partition coefficient (Wildman–Crippen LogP) is 1.97. The molecule has 0 unspecified atom stereocenters. The maximum absolute atomic E-state index is 10.9. The van der Waals surface area contributed by atoms with Crippen LogP contribution in [0.2, 0.25) is 0 Å². The summed E-state index contributed by atoms with van der Waals surface area (Å²) in [5.74, 6) is 0.00227. The summed E-state index contributed by atoms with van der Waals surface area (Å²) in [4.78, 5) is 10.9. The molecule has 2 heteroatoms. The fraction of sp³-hybridized carbons (Fsp3) is 0.417. The molecule has 0 aliphatic heterocycles. The van der Waals surface area contributed by atoms with Crippen molar-refractivity contribution in [3.05, 3.63) is 34.9 Å². The normalized spacial score (nSPS) is 32.2. The highest BCUT2D eigenvalue weighted by Gasteiger charge is 2.59. The number of hydrogen-bond acceptors (Lipinski definition) is 1. The van der Waals surface area contributed by atoms with Crippen molar-refractivity contribution in [1.29, 1.82) is 0 Å². The number of rotatable bonds is 1. The Morgan fingerprint density at radius 2 is 2.29 bits per heavy atom. The second-order valence-corrected chi connectivity index (χ2v) is 4.40. The van der Waals surface area contributed by atoms with Gasteiger partial charge in [-0.15, -0.1) is 0 Å². The fourth-order valence-electron chi connectivity index (χ4n) is 2.94. The minimum atomic E-state index is -0.618. The number of aliphatic carboxylic acids is 1. The number of hydrogen-bond donors (Lipinski definition) is 1. The van der Waals surface area contributed by atoms with E-state index in [0.717, 1.165) is 6.42 Å². The molecular formula is C12H12O2. The summed E-state index contributed by atoms with van der Waals surface area (Å²) in [5.41, 5.74) is 4.02. The van der Waals surface area contributed by atoms with Crippen molar-refractivity contribution in [3.8, 4) is 0 Å². The van der Waals surface area contributed by atoms with E-state index in [2.05, 4.69) is 19.1 Å². The fourth-order valence-corrected chi connectivity index (χ4v) is 2.94. The molecule has 0 spiro atoms. The quantitative estimate of drug-likeness (QED) is 0.731. The lowest BCUT2D eigenvalue weighted by atomic mass is 9.98. The number of benzene rings is 1. The molecule has 0 amide bonds. The van der Waals surface area contributed by atoms with Crippen molar-refractivity contribution < 1.29 is 9.90 Å². The smallest absolute Gasteiger partial charge is 0.307 e. The molecule has 72 valence electrons. The van der Waals surface area contributed by atoms with Crippen LogP contribution in [0.1, 0.15) is 22.6 Å². The number of carboxylic acid groups (broad SMARTS) is 1. The van der Waals surface area contributed by atoms with Crippen LogP contribution in [0, 0.1) is 18.8 Å². The van der Waals surface area contributed by atoms with Crippen molar-refractivity contribution in [2.24, 2.45) is 11.8 Å². The summed E-state index contributed by atoms with van der Waals surface area (Å²) < 4.78 is 0. The van der Waals surface area contributed by atoms with Crippen LogP contribution in [0.15, 0.2) is 18.2 Å². The third-order valence-corrected chi connectivity index (χ3v) is 3.70. The first kappa shape index (κ1) is 8.04. The van der Waals surface area contributed by atoms with Gasteiger partial charge in [0.2, 0.25) is 0 Å². The van der Waals surface area contributed by atoms with E-state index >= 15 is 0 Å². The second-order valence-electron chi connectivity index (χ2n) is 4.40. The van der Waals surface area contributed by atoms with Gasteiger partial charge < -0.3 is 5.11 Å². The van der Waals surface area contributed by atoms with Gasteiger partial charge in [0.05, 0.1) is 5.92 Å². The van der Waals surface area contributed by atoms with Crippen molar-refractivity contribution >= 4 is 5.97 Å². The number of carboxylic acids is 1. The van der Waals surface area contributed by atoms with Crippen LogP contribution in [0.5, 0.6) is 0 Å². The Morgan fingerprint density at radius 3 is 3.00 bits per heavy atom. The highest BCUT2D eigenvalue weighted by molar-refractivity contribution is 5.78. The summed E-state index contributed by atoms with van der Waals surface area (Å²) in [6, 6.07) is 6.24. The molecule has 0 aromatic heterocycles. The van der Waals surface area contributed by atoms with Crippen LogP contribution in [-0.2, 0) is 11.2 Å². The SMILES string of the molecule is Cc1cccc2c1C[C@@H]1[C@@H](C(=O)O)[C@@H]21. The second kappa shape index (κ2) is 2.38. The monoisotopic (exact) mass is 188 g/mol. The third-order valence-electron chi connectivity index (χ3n) is 3.70. The summed E-state index contributed by atoms with van der Waals surface area (Å²) in [7, 11) is 0. The largest absolute Gasteiger partial charge is 0.481 e. The Kier molecular flexibility index (Phi) is 1.37. The minimum absolute atomic E-state index is 0.0932. The van der Waals surface area contributed by atoms with Crippen LogP contribution in [0.3, 0.4) is 0 Å². The van der Waals surface area contributed by atoms with E-state index in [9.17, 15) is 4.79 Å². The summed E-state index contributed by atoms with van der Waals surface area (Å²) >= 11 is 0. The van der Waals surface area contributed by atoms with Gasteiger partial charge in [0.25, 0.3) is 0 Å².